The van der Waals surface area contributed by atoms with E-state index in [1.807, 2.05) is 28.8 Å². The van der Waals surface area contributed by atoms with E-state index < -0.39 is 0 Å². The molecule has 1 aromatic heterocycles. The van der Waals surface area contributed by atoms with E-state index in [-0.39, 0.29) is 6.61 Å². The van der Waals surface area contributed by atoms with Gasteiger partial charge in [0.05, 0.1) is 12.8 Å². The number of hydrogen-bond donors (Lipinski definition) is 1. The Hall–Kier alpha value is -1.53. The molecule has 6 heteroatoms. The third kappa shape index (κ3) is 3.74. The van der Waals surface area contributed by atoms with Gasteiger partial charge in [-0.25, -0.2) is 0 Å². The van der Waals surface area contributed by atoms with E-state index in [1.165, 1.54) is 0 Å². The van der Waals surface area contributed by atoms with Crippen molar-refractivity contribution in [2.75, 3.05) is 19.5 Å². The Morgan fingerprint density at radius 1 is 1.25 bits per heavy atom. The van der Waals surface area contributed by atoms with Crippen LogP contribution in [0.4, 0.5) is 0 Å². The van der Waals surface area contributed by atoms with E-state index in [4.69, 9.17) is 9.84 Å². The Kier molecular flexibility index (Phi) is 5.88. The topological polar surface area (TPSA) is 60.2 Å². The number of unbranched alkanes of at least 4 members (excludes halogenated alkanes) is 2. The maximum Gasteiger partial charge on any atom is 0.195 e. The highest BCUT2D eigenvalue weighted by Crippen LogP contribution is 2.26. The lowest BCUT2D eigenvalue weighted by Crippen LogP contribution is -1.99. The fraction of sp³-hybridized carbons (Fsp3) is 0.429. The van der Waals surface area contributed by atoms with Crippen molar-refractivity contribution in [3.8, 4) is 11.4 Å². The highest BCUT2D eigenvalue weighted by atomic mass is 32.2. The number of ether oxygens (including phenoxy) is 1. The predicted molar refractivity (Wildman–Crippen MR) is 79.6 cm³/mol. The lowest BCUT2D eigenvalue weighted by molar-refractivity contribution is 0.284. The first-order valence-corrected chi connectivity index (χ1v) is 7.62. The molecule has 0 aliphatic heterocycles. The molecule has 0 radical (unpaired) electrons. The van der Waals surface area contributed by atoms with Crippen LogP contribution in [-0.2, 0) is 0 Å². The van der Waals surface area contributed by atoms with Crippen LogP contribution in [0, 0.1) is 0 Å². The average molecular weight is 293 g/mol. The second kappa shape index (κ2) is 7.91. The summed E-state index contributed by atoms with van der Waals surface area (Å²) in [5.74, 6) is 1.77. The number of methoxy groups -OCH3 is 1. The van der Waals surface area contributed by atoms with E-state index in [1.54, 1.807) is 25.2 Å². The van der Waals surface area contributed by atoms with Gasteiger partial charge < -0.3 is 9.84 Å². The number of aliphatic hydroxyl groups is 1. The summed E-state index contributed by atoms with van der Waals surface area (Å²) in [6, 6.07) is 7.81. The summed E-state index contributed by atoms with van der Waals surface area (Å²) >= 11 is 1.67. The molecule has 0 fully saturated rings. The number of benzene rings is 1. The summed E-state index contributed by atoms with van der Waals surface area (Å²) in [6.45, 7) is 0.266. The first-order valence-electron chi connectivity index (χ1n) is 6.64. The molecule has 0 bridgehead atoms. The fourth-order valence-corrected chi connectivity index (χ4v) is 2.79. The molecule has 0 amide bonds. The highest BCUT2D eigenvalue weighted by molar-refractivity contribution is 7.99. The van der Waals surface area contributed by atoms with Gasteiger partial charge in [0.15, 0.2) is 5.16 Å². The van der Waals surface area contributed by atoms with Gasteiger partial charge in [-0.1, -0.05) is 30.3 Å². The minimum absolute atomic E-state index is 0.266. The molecule has 0 aliphatic rings. The monoisotopic (exact) mass is 293 g/mol. The van der Waals surface area contributed by atoms with Crippen LogP contribution in [0.2, 0.25) is 0 Å². The molecule has 1 N–H and O–H groups in total. The van der Waals surface area contributed by atoms with E-state index in [2.05, 4.69) is 10.2 Å². The third-order valence-corrected chi connectivity index (χ3v) is 3.92. The van der Waals surface area contributed by atoms with Gasteiger partial charge in [0.25, 0.3) is 0 Å². The van der Waals surface area contributed by atoms with Crippen molar-refractivity contribution in [2.24, 2.45) is 0 Å². The van der Waals surface area contributed by atoms with E-state index >= 15 is 0 Å². The Morgan fingerprint density at radius 2 is 2.10 bits per heavy atom. The second-order valence-corrected chi connectivity index (χ2v) is 5.35. The Labute approximate surface area is 123 Å². The molecule has 2 aromatic rings. The first kappa shape index (κ1) is 14.9. The zero-order valence-electron chi connectivity index (χ0n) is 11.5. The van der Waals surface area contributed by atoms with Gasteiger partial charge in [-0.3, -0.25) is 4.57 Å². The smallest absolute Gasteiger partial charge is 0.195 e. The van der Waals surface area contributed by atoms with Crippen molar-refractivity contribution in [3.05, 3.63) is 30.6 Å². The molecule has 0 unspecified atom stereocenters. The van der Waals surface area contributed by atoms with Crippen LogP contribution in [0.1, 0.15) is 19.3 Å². The van der Waals surface area contributed by atoms with Gasteiger partial charge in [0.2, 0.25) is 0 Å². The SMILES string of the molecule is COc1ccccc1-n1cnnc1SCCCCCO. The van der Waals surface area contributed by atoms with Crippen LogP contribution in [0.3, 0.4) is 0 Å². The van der Waals surface area contributed by atoms with Crippen molar-refractivity contribution < 1.29 is 9.84 Å². The summed E-state index contributed by atoms with van der Waals surface area (Å²) < 4.78 is 7.31. The minimum Gasteiger partial charge on any atom is -0.495 e. The van der Waals surface area contributed by atoms with E-state index in [9.17, 15) is 0 Å². The van der Waals surface area contributed by atoms with Crippen molar-refractivity contribution in [1.82, 2.24) is 14.8 Å². The van der Waals surface area contributed by atoms with Gasteiger partial charge in [0, 0.05) is 12.4 Å². The van der Waals surface area contributed by atoms with Gasteiger partial charge in [0.1, 0.15) is 12.1 Å². The average Bonchev–Trinajstić information content (AvgIpc) is 2.95. The highest BCUT2D eigenvalue weighted by Gasteiger charge is 2.10. The summed E-state index contributed by atoms with van der Waals surface area (Å²) in [5.41, 5.74) is 0.942. The standard InChI is InChI=1S/C14H19N3O2S/c1-19-13-8-4-3-7-12(13)17-11-15-16-14(17)20-10-6-2-5-9-18/h3-4,7-8,11,18H,2,5-6,9-10H2,1H3. The predicted octanol–water partition coefficient (Wildman–Crippen LogP) is 2.53. The lowest BCUT2D eigenvalue weighted by Gasteiger charge is -2.10. The zero-order valence-corrected chi connectivity index (χ0v) is 12.3. The number of nitrogens with zero attached hydrogens (tertiary/aromatic N) is 3. The van der Waals surface area contributed by atoms with Crippen molar-refractivity contribution >= 4 is 11.8 Å². The molecule has 0 saturated heterocycles. The summed E-state index contributed by atoms with van der Waals surface area (Å²) in [4.78, 5) is 0. The van der Waals surface area contributed by atoms with Crippen molar-refractivity contribution in [1.29, 1.82) is 0 Å². The number of rotatable bonds is 8. The first-order chi connectivity index (χ1) is 9.86. The van der Waals surface area contributed by atoms with Gasteiger partial charge in [-0.2, -0.15) is 0 Å². The maximum absolute atomic E-state index is 8.75. The number of aromatic nitrogens is 3. The molecule has 0 atom stereocenters. The molecule has 0 spiro atoms. The fourth-order valence-electron chi connectivity index (χ4n) is 1.87. The second-order valence-electron chi connectivity index (χ2n) is 4.29. The van der Waals surface area contributed by atoms with E-state index in [0.29, 0.717) is 0 Å². The minimum atomic E-state index is 0.266. The molecule has 1 aromatic carbocycles. The summed E-state index contributed by atoms with van der Waals surface area (Å²) in [6.07, 6.45) is 4.66. The van der Waals surface area contributed by atoms with Gasteiger partial charge in [-0.05, 0) is 25.0 Å². The van der Waals surface area contributed by atoms with Crippen LogP contribution < -0.4 is 4.74 Å². The van der Waals surface area contributed by atoms with Gasteiger partial charge in [-0.15, -0.1) is 10.2 Å². The van der Waals surface area contributed by atoms with Crippen molar-refractivity contribution in [3.63, 3.8) is 0 Å². The number of para-hydroxylation sites is 2. The molecule has 5 nitrogen and oxygen atoms in total. The van der Waals surface area contributed by atoms with Crippen LogP contribution in [0.15, 0.2) is 35.7 Å². The zero-order chi connectivity index (χ0) is 14.2. The van der Waals surface area contributed by atoms with Gasteiger partial charge >= 0.3 is 0 Å². The molecule has 1 heterocycles. The normalized spacial score (nSPS) is 10.7. The summed E-state index contributed by atoms with van der Waals surface area (Å²) in [5, 5.41) is 17.8. The molecule has 108 valence electrons. The Balaban J connectivity index is 2.04. The molecule has 0 aliphatic carbocycles. The lowest BCUT2D eigenvalue weighted by atomic mass is 10.3. The quantitative estimate of drug-likeness (QED) is 0.598. The Morgan fingerprint density at radius 3 is 2.90 bits per heavy atom. The molecule has 2 rings (SSSR count). The third-order valence-electron chi connectivity index (χ3n) is 2.89. The Bertz CT molecular complexity index is 531. The molecular weight excluding hydrogens is 274 g/mol. The summed E-state index contributed by atoms with van der Waals surface area (Å²) in [7, 11) is 1.66. The largest absolute Gasteiger partial charge is 0.495 e. The molecular formula is C14H19N3O2S. The van der Waals surface area contributed by atoms with Crippen LogP contribution >= 0.6 is 11.8 Å². The number of aliphatic hydroxyl groups excluding tert-OH is 1. The van der Waals surface area contributed by atoms with Crippen LogP contribution in [0.5, 0.6) is 5.75 Å². The number of thioether (sulfide) groups is 1. The number of hydrogen-bond acceptors (Lipinski definition) is 5. The van der Waals surface area contributed by atoms with E-state index in [0.717, 1.165) is 41.6 Å². The molecule has 0 saturated carbocycles. The van der Waals surface area contributed by atoms with Crippen molar-refractivity contribution in [2.45, 2.75) is 24.4 Å². The van der Waals surface area contributed by atoms with Crippen LogP contribution in [0.25, 0.3) is 5.69 Å². The van der Waals surface area contributed by atoms with Crippen LogP contribution in [-0.4, -0.2) is 39.3 Å². The molecule has 20 heavy (non-hydrogen) atoms. The maximum atomic E-state index is 8.75.